The van der Waals surface area contributed by atoms with Crippen molar-refractivity contribution in [1.29, 1.82) is 0 Å². The van der Waals surface area contributed by atoms with Crippen LogP contribution in [0.2, 0.25) is 5.02 Å². The number of nitrogens with one attached hydrogen (secondary N) is 1. The van der Waals surface area contributed by atoms with Crippen molar-refractivity contribution in [2.24, 2.45) is 0 Å². The fourth-order valence-electron chi connectivity index (χ4n) is 2.92. The average molecular weight is 379 g/mol. The molecule has 0 aliphatic carbocycles. The minimum Gasteiger partial charge on any atom is -0.508 e. The van der Waals surface area contributed by atoms with E-state index in [4.69, 9.17) is 11.6 Å². The predicted molar refractivity (Wildman–Crippen MR) is 103 cm³/mol. The van der Waals surface area contributed by atoms with Crippen LogP contribution in [-0.2, 0) is 6.42 Å². The summed E-state index contributed by atoms with van der Waals surface area (Å²) in [5.74, 6) is -0.700. The smallest absolute Gasteiger partial charge is 0.251 e. The number of phenols is 1. The number of hydrogen-bond acceptors (Lipinski definition) is 3. The van der Waals surface area contributed by atoms with E-state index >= 15 is 0 Å². The number of carbonyl (C=O) groups excluding carboxylic acids is 1. The predicted octanol–water partition coefficient (Wildman–Crippen LogP) is 3.70. The molecule has 26 heavy (non-hydrogen) atoms. The minimum atomic E-state index is -0.612. The molecule has 0 fully saturated rings. The summed E-state index contributed by atoms with van der Waals surface area (Å²) in [6, 6.07) is 7.54. The van der Waals surface area contributed by atoms with Crippen LogP contribution >= 0.6 is 11.6 Å². The fraction of sp³-hybridized carbons (Fsp3) is 0.350. The molecule has 2 aromatic carbocycles. The zero-order valence-corrected chi connectivity index (χ0v) is 16.2. The van der Waals surface area contributed by atoms with Gasteiger partial charge in [-0.1, -0.05) is 11.6 Å². The standard InChI is InChI=1S/C20H24ClFN2O2/c1-12-7-16(25)8-13(2)17(12)10-15(24(3)4)11-23-20(26)14-5-6-18(21)19(22)9-14/h5-9,15,25H,10-11H2,1-4H3,(H,23,26). The van der Waals surface area contributed by atoms with E-state index in [1.165, 1.54) is 12.1 Å². The first kappa shape index (κ1) is 20.2. The second-order valence-corrected chi connectivity index (χ2v) is 7.13. The van der Waals surface area contributed by atoms with Crippen LogP contribution in [-0.4, -0.2) is 42.6 Å². The van der Waals surface area contributed by atoms with Gasteiger partial charge in [-0.05, 0) is 81.4 Å². The Bertz CT molecular complexity index is 785. The quantitative estimate of drug-likeness (QED) is 0.805. The number of aromatic hydroxyl groups is 1. The molecule has 2 N–H and O–H groups in total. The molecule has 6 heteroatoms. The molecule has 0 heterocycles. The fourth-order valence-corrected chi connectivity index (χ4v) is 3.03. The number of amides is 1. The Labute approximate surface area is 158 Å². The van der Waals surface area contributed by atoms with Gasteiger partial charge in [0.2, 0.25) is 0 Å². The molecule has 1 atom stereocenters. The summed E-state index contributed by atoms with van der Waals surface area (Å²) in [5, 5.41) is 12.5. The molecule has 0 aromatic heterocycles. The van der Waals surface area contributed by atoms with Gasteiger partial charge in [0.15, 0.2) is 0 Å². The van der Waals surface area contributed by atoms with Crippen LogP contribution in [0.4, 0.5) is 4.39 Å². The molecule has 0 bridgehead atoms. The third-order valence-corrected chi connectivity index (χ3v) is 4.84. The second-order valence-electron chi connectivity index (χ2n) is 6.72. The normalized spacial score (nSPS) is 12.3. The third-order valence-electron chi connectivity index (χ3n) is 4.53. The van der Waals surface area contributed by atoms with Crippen molar-refractivity contribution < 1.29 is 14.3 Å². The van der Waals surface area contributed by atoms with Gasteiger partial charge in [0.25, 0.3) is 5.91 Å². The topological polar surface area (TPSA) is 52.6 Å². The largest absolute Gasteiger partial charge is 0.508 e. The molecular weight excluding hydrogens is 355 g/mol. The van der Waals surface area contributed by atoms with Crippen molar-refractivity contribution in [2.75, 3.05) is 20.6 Å². The Morgan fingerprint density at radius 2 is 1.85 bits per heavy atom. The van der Waals surface area contributed by atoms with E-state index < -0.39 is 5.82 Å². The maximum atomic E-state index is 13.5. The van der Waals surface area contributed by atoms with Crippen LogP contribution in [0.5, 0.6) is 5.75 Å². The van der Waals surface area contributed by atoms with Gasteiger partial charge >= 0.3 is 0 Å². The summed E-state index contributed by atoms with van der Waals surface area (Å²) in [6.07, 6.45) is 0.722. The van der Waals surface area contributed by atoms with E-state index in [-0.39, 0.29) is 28.3 Å². The molecule has 0 saturated carbocycles. The number of halogens is 2. The number of hydrogen-bond donors (Lipinski definition) is 2. The van der Waals surface area contributed by atoms with E-state index in [0.717, 1.165) is 29.2 Å². The summed E-state index contributed by atoms with van der Waals surface area (Å²) in [6.45, 7) is 4.34. The molecule has 0 radical (unpaired) electrons. The van der Waals surface area contributed by atoms with Crippen LogP contribution < -0.4 is 5.32 Å². The average Bonchev–Trinajstić information content (AvgIpc) is 2.55. The van der Waals surface area contributed by atoms with E-state index in [2.05, 4.69) is 5.32 Å². The number of rotatable bonds is 6. The first-order chi connectivity index (χ1) is 12.2. The van der Waals surface area contributed by atoms with Crippen molar-refractivity contribution in [3.63, 3.8) is 0 Å². The zero-order valence-electron chi connectivity index (χ0n) is 15.4. The van der Waals surface area contributed by atoms with Crippen molar-refractivity contribution in [3.05, 3.63) is 63.4 Å². The zero-order chi connectivity index (χ0) is 19.4. The number of carbonyl (C=O) groups is 1. The monoisotopic (exact) mass is 378 g/mol. The van der Waals surface area contributed by atoms with Crippen LogP contribution in [0.15, 0.2) is 30.3 Å². The second kappa shape index (κ2) is 8.52. The number of benzene rings is 2. The highest BCUT2D eigenvalue weighted by Crippen LogP contribution is 2.23. The first-order valence-corrected chi connectivity index (χ1v) is 8.75. The molecule has 0 aliphatic rings. The summed E-state index contributed by atoms with van der Waals surface area (Å²) in [4.78, 5) is 14.3. The van der Waals surface area contributed by atoms with Gasteiger partial charge in [0.05, 0.1) is 5.02 Å². The summed E-state index contributed by atoms with van der Waals surface area (Å²) in [7, 11) is 3.90. The van der Waals surface area contributed by atoms with E-state index in [9.17, 15) is 14.3 Å². The van der Waals surface area contributed by atoms with Crippen LogP contribution in [0.3, 0.4) is 0 Å². The minimum absolute atomic E-state index is 0.00833. The van der Waals surface area contributed by atoms with E-state index in [1.807, 2.05) is 32.8 Å². The molecular formula is C20H24ClFN2O2. The molecule has 0 aliphatic heterocycles. The lowest BCUT2D eigenvalue weighted by Gasteiger charge is -2.26. The summed E-state index contributed by atoms with van der Waals surface area (Å²) >= 11 is 5.65. The van der Waals surface area contributed by atoms with Crippen LogP contribution in [0, 0.1) is 19.7 Å². The van der Waals surface area contributed by atoms with Crippen molar-refractivity contribution >= 4 is 17.5 Å². The SMILES string of the molecule is Cc1cc(O)cc(C)c1CC(CNC(=O)c1ccc(Cl)c(F)c1)N(C)C. The van der Waals surface area contributed by atoms with Gasteiger partial charge < -0.3 is 15.3 Å². The van der Waals surface area contributed by atoms with Gasteiger partial charge in [0.1, 0.15) is 11.6 Å². The van der Waals surface area contributed by atoms with Crippen molar-refractivity contribution in [2.45, 2.75) is 26.3 Å². The summed E-state index contributed by atoms with van der Waals surface area (Å²) < 4.78 is 13.5. The molecule has 2 rings (SSSR count). The summed E-state index contributed by atoms with van der Waals surface area (Å²) in [5.41, 5.74) is 3.41. The van der Waals surface area contributed by atoms with Gasteiger partial charge in [0, 0.05) is 18.2 Å². The Morgan fingerprint density at radius 3 is 2.38 bits per heavy atom. The highest BCUT2D eigenvalue weighted by Gasteiger charge is 2.17. The Balaban J connectivity index is 2.09. The number of nitrogens with zero attached hydrogens (tertiary/aromatic N) is 1. The maximum Gasteiger partial charge on any atom is 0.251 e. The first-order valence-electron chi connectivity index (χ1n) is 8.37. The lowest BCUT2D eigenvalue weighted by atomic mass is 9.95. The van der Waals surface area contributed by atoms with Crippen LogP contribution in [0.1, 0.15) is 27.0 Å². The van der Waals surface area contributed by atoms with Gasteiger partial charge in [-0.2, -0.15) is 0 Å². The highest BCUT2D eigenvalue weighted by atomic mass is 35.5. The Morgan fingerprint density at radius 1 is 1.23 bits per heavy atom. The van der Waals surface area contributed by atoms with Crippen molar-refractivity contribution in [3.8, 4) is 5.75 Å². The van der Waals surface area contributed by atoms with Gasteiger partial charge in [-0.15, -0.1) is 0 Å². The number of phenolic OH excluding ortho intramolecular Hbond substituents is 1. The van der Waals surface area contributed by atoms with Crippen LogP contribution in [0.25, 0.3) is 0 Å². The van der Waals surface area contributed by atoms with Crippen molar-refractivity contribution in [1.82, 2.24) is 10.2 Å². The molecule has 1 amide bonds. The highest BCUT2D eigenvalue weighted by molar-refractivity contribution is 6.30. The number of likely N-dealkylation sites (N-methyl/N-ethyl adjacent to an activating group) is 1. The molecule has 2 aromatic rings. The maximum absolute atomic E-state index is 13.5. The van der Waals surface area contributed by atoms with Gasteiger partial charge in [-0.3, -0.25) is 4.79 Å². The van der Waals surface area contributed by atoms with Gasteiger partial charge in [-0.25, -0.2) is 4.39 Å². The molecule has 1 unspecified atom stereocenters. The Hall–Kier alpha value is -2.11. The molecule has 140 valence electrons. The molecule has 0 spiro atoms. The third kappa shape index (κ3) is 4.96. The van der Waals surface area contributed by atoms with E-state index in [1.54, 1.807) is 12.1 Å². The number of aryl methyl sites for hydroxylation is 2. The molecule has 4 nitrogen and oxygen atoms in total. The van der Waals surface area contributed by atoms with E-state index in [0.29, 0.717) is 6.54 Å². The Kier molecular flexibility index (Phi) is 6.62. The lowest BCUT2D eigenvalue weighted by Crippen LogP contribution is -2.41. The lowest BCUT2D eigenvalue weighted by molar-refractivity contribution is 0.0941. The molecule has 0 saturated heterocycles.